The highest BCUT2D eigenvalue weighted by atomic mass is 31.2. The lowest BCUT2D eigenvalue weighted by Gasteiger charge is -2.38. The predicted molar refractivity (Wildman–Crippen MR) is 26.7 cm³/mol. The number of carbonyl (C=O) groups is 1. The Balaban J connectivity index is 4.38. The molecule has 0 radical (unpaired) electrons. The minimum Gasteiger partial charge on any atom is -0.810 e. The van der Waals surface area contributed by atoms with E-state index in [1.54, 1.807) is 0 Å². The second-order valence-corrected chi connectivity index (χ2v) is 3.49. The van der Waals surface area contributed by atoms with Crippen LogP contribution >= 0.6 is 7.60 Å². The Labute approximate surface area is 57.8 Å². The molecule has 0 saturated heterocycles. The molecule has 0 spiro atoms. The lowest BCUT2D eigenvalue weighted by molar-refractivity contribution is -0.328. The fourth-order valence-electron chi connectivity index (χ4n) is 0.519. The molecule has 0 bridgehead atoms. The summed E-state index contributed by atoms with van der Waals surface area (Å²) in [5, 5.41) is 9.89. The number of carboxylic acids is 1. The van der Waals surface area contributed by atoms with E-state index in [4.69, 9.17) is 0 Å². The molecule has 6 heteroatoms. The van der Waals surface area contributed by atoms with Gasteiger partial charge in [-0.2, -0.15) is 0 Å². The maximum atomic E-state index is 10.1. The third-order valence-electron chi connectivity index (χ3n) is 1.04. The maximum Gasteiger partial charge on any atom is 0.0495 e. The minimum atomic E-state index is -4.99. The van der Waals surface area contributed by atoms with Gasteiger partial charge >= 0.3 is 0 Å². The summed E-state index contributed by atoms with van der Waals surface area (Å²) in [6, 6.07) is 0. The van der Waals surface area contributed by atoms with Gasteiger partial charge in [0, 0.05) is 11.6 Å². The molecule has 0 rings (SSSR count). The van der Waals surface area contributed by atoms with Crippen molar-refractivity contribution in [2.24, 2.45) is 0 Å². The van der Waals surface area contributed by atoms with Gasteiger partial charge in [-0.05, 0) is 6.42 Å². The highest BCUT2D eigenvalue weighted by Crippen LogP contribution is 2.32. The first-order chi connectivity index (χ1) is 4.39. The molecule has 0 unspecified atom stereocenters. The Kier molecular flexibility index (Phi) is 3.02. The van der Waals surface area contributed by atoms with Crippen molar-refractivity contribution in [1.82, 2.24) is 0 Å². The van der Waals surface area contributed by atoms with Crippen molar-refractivity contribution < 1.29 is 24.3 Å². The third-order valence-corrected chi connectivity index (χ3v) is 2.38. The average Bonchev–Trinajstić information content (AvgIpc) is 1.60. The molecule has 0 aromatic rings. The van der Waals surface area contributed by atoms with Crippen LogP contribution in [0.5, 0.6) is 0 Å². The first-order valence-corrected chi connectivity index (χ1v) is 4.23. The van der Waals surface area contributed by atoms with Crippen LogP contribution in [0.15, 0.2) is 0 Å². The highest BCUT2D eigenvalue weighted by molar-refractivity contribution is 7.50. The molecule has 0 amide bonds. The molecule has 0 aliphatic rings. The molecular weight excluding hydrogens is 159 g/mol. The normalized spacial score (nSPS) is 14.7. The number of aliphatic carboxylic acids is 1. The molecule has 0 aliphatic carbocycles. The molecular formula is C4H6O5P-3. The Bertz CT molecular complexity index is 170. The predicted octanol–water partition coefficient (Wildman–Crippen LogP) is -2.57. The van der Waals surface area contributed by atoms with Crippen molar-refractivity contribution in [2.45, 2.75) is 19.0 Å². The third kappa shape index (κ3) is 2.47. The van der Waals surface area contributed by atoms with Crippen LogP contribution in [0.25, 0.3) is 0 Å². The van der Waals surface area contributed by atoms with E-state index in [2.05, 4.69) is 0 Å². The van der Waals surface area contributed by atoms with Crippen LogP contribution in [-0.2, 0) is 9.36 Å². The zero-order chi connectivity index (χ0) is 8.36. The summed E-state index contributed by atoms with van der Waals surface area (Å²) < 4.78 is 10.1. The SMILES string of the molecule is CC[C@H](C(=O)[O-])P(=O)([O-])[O-]. The number of rotatable bonds is 3. The van der Waals surface area contributed by atoms with E-state index >= 15 is 0 Å². The Morgan fingerprint density at radius 1 is 1.60 bits per heavy atom. The van der Waals surface area contributed by atoms with Crippen molar-refractivity contribution in [3.8, 4) is 0 Å². The van der Waals surface area contributed by atoms with Crippen LogP contribution in [0.3, 0.4) is 0 Å². The number of hydrogen-bond donors (Lipinski definition) is 0. The molecule has 0 N–H and O–H groups in total. The van der Waals surface area contributed by atoms with Gasteiger partial charge in [0.15, 0.2) is 0 Å². The van der Waals surface area contributed by atoms with E-state index in [1.165, 1.54) is 6.92 Å². The van der Waals surface area contributed by atoms with Crippen molar-refractivity contribution >= 4 is 13.6 Å². The van der Waals surface area contributed by atoms with Crippen LogP contribution in [0.2, 0.25) is 0 Å². The molecule has 0 saturated carbocycles. The van der Waals surface area contributed by atoms with Gasteiger partial charge in [-0.1, -0.05) is 14.5 Å². The second-order valence-electron chi connectivity index (χ2n) is 1.78. The monoisotopic (exact) mass is 165 g/mol. The number of carbonyl (C=O) groups excluding carboxylic acids is 1. The zero-order valence-electron chi connectivity index (χ0n) is 5.27. The van der Waals surface area contributed by atoms with Crippen molar-refractivity contribution in [1.29, 1.82) is 0 Å². The highest BCUT2D eigenvalue weighted by Gasteiger charge is 2.10. The fourth-order valence-corrected chi connectivity index (χ4v) is 1.22. The first kappa shape index (κ1) is 9.62. The summed E-state index contributed by atoms with van der Waals surface area (Å²) in [5.74, 6) is -1.82. The van der Waals surface area contributed by atoms with Gasteiger partial charge < -0.3 is 24.3 Å². The molecule has 1 atom stereocenters. The molecule has 60 valence electrons. The molecule has 0 aliphatic heterocycles. The van der Waals surface area contributed by atoms with Crippen molar-refractivity contribution in [3.63, 3.8) is 0 Å². The van der Waals surface area contributed by atoms with Crippen LogP contribution in [0.4, 0.5) is 0 Å². The maximum absolute atomic E-state index is 10.1. The van der Waals surface area contributed by atoms with Crippen LogP contribution in [0.1, 0.15) is 13.3 Å². The van der Waals surface area contributed by atoms with E-state index in [-0.39, 0.29) is 6.42 Å². The topological polar surface area (TPSA) is 103 Å². The quantitative estimate of drug-likeness (QED) is 0.427. The molecule has 5 nitrogen and oxygen atoms in total. The van der Waals surface area contributed by atoms with Gasteiger partial charge in [-0.25, -0.2) is 0 Å². The first-order valence-electron chi connectivity index (χ1n) is 2.62. The molecule has 0 aromatic heterocycles. The second kappa shape index (κ2) is 3.14. The lowest BCUT2D eigenvalue weighted by atomic mass is 10.3. The van der Waals surface area contributed by atoms with Gasteiger partial charge in [0.25, 0.3) is 0 Å². The summed E-state index contributed by atoms with van der Waals surface area (Å²) in [5.41, 5.74) is -1.88. The van der Waals surface area contributed by atoms with Gasteiger partial charge in [-0.15, -0.1) is 0 Å². The zero-order valence-corrected chi connectivity index (χ0v) is 6.17. The Morgan fingerprint density at radius 2 is 2.00 bits per heavy atom. The summed E-state index contributed by atoms with van der Waals surface area (Å²) in [6.45, 7) is 1.29. The number of hydrogen-bond acceptors (Lipinski definition) is 5. The van der Waals surface area contributed by atoms with E-state index in [1.807, 2.05) is 0 Å². The van der Waals surface area contributed by atoms with E-state index in [9.17, 15) is 24.3 Å². The average molecular weight is 165 g/mol. The summed E-state index contributed by atoms with van der Waals surface area (Å²) in [4.78, 5) is 30.0. The van der Waals surface area contributed by atoms with Crippen LogP contribution < -0.4 is 14.9 Å². The summed E-state index contributed by atoms with van der Waals surface area (Å²) >= 11 is 0. The van der Waals surface area contributed by atoms with E-state index in [0.29, 0.717) is 0 Å². The summed E-state index contributed by atoms with van der Waals surface area (Å²) in [6.07, 6.45) is -0.243. The standard InChI is InChI=1S/C4H9O5P/c1-2-3(4(5)6)10(7,8)9/h3H,2H2,1H3,(H,5,6)(H2,7,8,9)/p-3/t3-/m1/s1. The van der Waals surface area contributed by atoms with Crippen molar-refractivity contribution in [2.75, 3.05) is 0 Å². The summed E-state index contributed by atoms with van der Waals surface area (Å²) in [7, 11) is -4.99. The van der Waals surface area contributed by atoms with Gasteiger partial charge in [0.2, 0.25) is 0 Å². The van der Waals surface area contributed by atoms with Crippen LogP contribution in [-0.4, -0.2) is 11.6 Å². The minimum absolute atomic E-state index is 0.243. The molecule has 10 heavy (non-hydrogen) atoms. The van der Waals surface area contributed by atoms with Gasteiger partial charge in [-0.3, -0.25) is 0 Å². The Morgan fingerprint density at radius 3 is 2.00 bits per heavy atom. The number of carboxylic acid groups (broad SMARTS) is 1. The Hall–Kier alpha value is -0.380. The van der Waals surface area contributed by atoms with Gasteiger partial charge in [0.1, 0.15) is 0 Å². The fraction of sp³-hybridized carbons (Fsp3) is 0.750. The molecule has 0 aromatic carbocycles. The lowest BCUT2D eigenvalue weighted by Crippen LogP contribution is -2.40. The van der Waals surface area contributed by atoms with Crippen LogP contribution in [0, 0.1) is 0 Å². The van der Waals surface area contributed by atoms with Crippen molar-refractivity contribution in [3.05, 3.63) is 0 Å². The van der Waals surface area contributed by atoms with E-state index < -0.39 is 19.2 Å². The molecule has 0 fully saturated rings. The largest absolute Gasteiger partial charge is 0.810 e. The molecule has 0 heterocycles. The smallest absolute Gasteiger partial charge is 0.0495 e. The van der Waals surface area contributed by atoms with Gasteiger partial charge in [0.05, 0.1) is 0 Å². The van der Waals surface area contributed by atoms with E-state index in [0.717, 1.165) is 0 Å².